The van der Waals surface area contributed by atoms with E-state index in [1.165, 1.54) is 0 Å². The number of fused-ring (bicyclic) bond motifs is 1. The summed E-state index contributed by atoms with van der Waals surface area (Å²) in [5.41, 5.74) is 0. The normalized spacial score (nSPS) is 32.1. The van der Waals surface area contributed by atoms with E-state index < -0.39 is 14.6 Å². The summed E-state index contributed by atoms with van der Waals surface area (Å²) in [6.45, 7) is 0. The smallest absolute Gasteiger partial charge is 0.187 e. The van der Waals surface area contributed by atoms with E-state index in [1.807, 2.05) is 18.2 Å². The predicted molar refractivity (Wildman–Crippen MR) is 62.8 cm³/mol. The third-order valence-electron chi connectivity index (χ3n) is 3.73. The van der Waals surface area contributed by atoms with Crippen molar-refractivity contribution in [1.29, 1.82) is 0 Å². The van der Waals surface area contributed by atoms with Crippen LogP contribution in [0.2, 0.25) is 0 Å². The Kier molecular flexibility index (Phi) is 2.02. The molecule has 0 saturated heterocycles. The van der Waals surface area contributed by atoms with Gasteiger partial charge in [-0.25, -0.2) is 8.42 Å². The molecule has 0 bridgehead atoms. The number of rotatable bonds is 2. The molecule has 0 aliphatic heterocycles. The van der Waals surface area contributed by atoms with Crippen molar-refractivity contribution in [3.05, 3.63) is 42.5 Å². The maximum Gasteiger partial charge on any atom is 0.187 e. The Morgan fingerprint density at radius 1 is 1.19 bits per heavy atom. The van der Waals surface area contributed by atoms with Gasteiger partial charge in [0, 0.05) is 0 Å². The van der Waals surface area contributed by atoms with E-state index in [0.717, 1.165) is 19.3 Å². The van der Waals surface area contributed by atoms with Crippen molar-refractivity contribution >= 4 is 9.84 Å². The predicted octanol–water partition coefficient (Wildman–Crippen LogP) is 2.57. The minimum absolute atomic E-state index is 0.350. The minimum Gasteiger partial charge on any atom is -0.223 e. The zero-order valence-electron chi connectivity index (χ0n) is 8.96. The Bertz CT molecular complexity index is 530. The molecule has 1 aromatic rings. The Balaban J connectivity index is 2.08. The molecule has 0 radical (unpaired) electrons. The highest BCUT2D eigenvalue weighted by Crippen LogP contribution is 2.57. The van der Waals surface area contributed by atoms with Crippen molar-refractivity contribution in [2.45, 2.75) is 28.9 Å². The van der Waals surface area contributed by atoms with Crippen LogP contribution in [0.5, 0.6) is 0 Å². The molecule has 0 N–H and O–H groups in total. The summed E-state index contributed by atoms with van der Waals surface area (Å²) in [4.78, 5) is 0.462. The van der Waals surface area contributed by atoms with E-state index in [2.05, 4.69) is 0 Å². The van der Waals surface area contributed by atoms with Crippen LogP contribution in [0.1, 0.15) is 19.3 Å². The largest absolute Gasteiger partial charge is 0.223 e. The first-order valence-electron chi connectivity index (χ1n) is 5.64. The first kappa shape index (κ1) is 10.1. The van der Waals surface area contributed by atoms with E-state index in [0.29, 0.717) is 10.8 Å². The van der Waals surface area contributed by atoms with Gasteiger partial charge in [0.05, 0.1) is 9.64 Å². The van der Waals surface area contributed by atoms with Gasteiger partial charge in [-0.15, -0.1) is 0 Å². The van der Waals surface area contributed by atoms with E-state index in [-0.39, 0.29) is 0 Å². The molecule has 0 heterocycles. The van der Waals surface area contributed by atoms with Crippen LogP contribution in [-0.4, -0.2) is 13.2 Å². The molecule has 1 aromatic carbocycles. The quantitative estimate of drug-likeness (QED) is 0.737. The molecule has 0 spiro atoms. The van der Waals surface area contributed by atoms with Crippen LogP contribution in [0.4, 0.5) is 0 Å². The van der Waals surface area contributed by atoms with Crippen molar-refractivity contribution in [1.82, 2.24) is 0 Å². The molecule has 0 amide bonds. The fourth-order valence-corrected chi connectivity index (χ4v) is 4.90. The monoisotopic (exact) mass is 234 g/mol. The molecule has 0 unspecified atom stereocenters. The summed E-state index contributed by atoms with van der Waals surface area (Å²) in [6, 6.07) is 8.81. The highest BCUT2D eigenvalue weighted by molar-refractivity contribution is 7.93. The fourth-order valence-electron chi connectivity index (χ4n) is 2.69. The van der Waals surface area contributed by atoms with Crippen molar-refractivity contribution < 1.29 is 8.42 Å². The maximum absolute atomic E-state index is 12.5. The Labute approximate surface area is 95.9 Å². The molecule has 2 aliphatic carbocycles. The average molecular weight is 234 g/mol. The highest BCUT2D eigenvalue weighted by Gasteiger charge is 2.62. The molecule has 2 atom stereocenters. The molecular weight excluding hydrogens is 220 g/mol. The lowest BCUT2D eigenvalue weighted by Crippen LogP contribution is -2.25. The van der Waals surface area contributed by atoms with E-state index >= 15 is 0 Å². The number of sulfone groups is 1. The minimum atomic E-state index is -3.17. The van der Waals surface area contributed by atoms with Crippen LogP contribution in [0, 0.1) is 5.92 Å². The van der Waals surface area contributed by atoms with Gasteiger partial charge in [-0.1, -0.05) is 30.4 Å². The third-order valence-corrected chi connectivity index (χ3v) is 6.26. The molecule has 2 aliphatic rings. The second-order valence-corrected chi connectivity index (χ2v) is 6.89. The van der Waals surface area contributed by atoms with Crippen LogP contribution in [0.25, 0.3) is 0 Å². The molecule has 84 valence electrons. The lowest BCUT2D eigenvalue weighted by atomic mass is 10.1. The van der Waals surface area contributed by atoms with Crippen LogP contribution < -0.4 is 0 Å². The molecular formula is C13H14O2S. The van der Waals surface area contributed by atoms with Gasteiger partial charge in [0.1, 0.15) is 0 Å². The van der Waals surface area contributed by atoms with Gasteiger partial charge in [-0.05, 0) is 37.3 Å². The van der Waals surface area contributed by atoms with E-state index in [1.54, 1.807) is 24.3 Å². The summed E-state index contributed by atoms with van der Waals surface area (Å²) < 4.78 is 24.4. The zero-order chi connectivity index (χ0) is 11.2. The van der Waals surface area contributed by atoms with Gasteiger partial charge < -0.3 is 0 Å². The van der Waals surface area contributed by atoms with Gasteiger partial charge in [-0.3, -0.25) is 0 Å². The number of hydrogen-bond acceptors (Lipinski definition) is 2. The summed E-state index contributed by atoms with van der Waals surface area (Å²) in [7, 11) is -3.17. The summed E-state index contributed by atoms with van der Waals surface area (Å²) in [6.07, 6.45) is 6.79. The maximum atomic E-state index is 12.5. The van der Waals surface area contributed by atoms with Gasteiger partial charge in [-0.2, -0.15) is 0 Å². The summed E-state index contributed by atoms with van der Waals surface area (Å²) >= 11 is 0. The first-order valence-corrected chi connectivity index (χ1v) is 7.12. The number of hydrogen-bond donors (Lipinski definition) is 0. The Morgan fingerprint density at radius 3 is 2.62 bits per heavy atom. The Morgan fingerprint density at radius 2 is 1.94 bits per heavy atom. The molecule has 2 nitrogen and oxygen atoms in total. The van der Waals surface area contributed by atoms with Crippen molar-refractivity contribution in [2.24, 2.45) is 5.92 Å². The van der Waals surface area contributed by atoms with Gasteiger partial charge >= 0.3 is 0 Å². The average Bonchev–Trinajstić information content (AvgIpc) is 3.06. The SMILES string of the molecule is O=S(=O)(c1ccccc1)[C@]12C=CCC[C@H]1C2. The van der Waals surface area contributed by atoms with Gasteiger partial charge in [0.2, 0.25) is 0 Å². The Hall–Kier alpha value is -1.09. The van der Waals surface area contributed by atoms with Crippen LogP contribution >= 0.6 is 0 Å². The first-order chi connectivity index (χ1) is 7.67. The number of allylic oxidation sites excluding steroid dienone is 1. The van der Waals surface area contributed by atoms with Crippen molar-refractivity contribution in [3.8, 4) is 0 Å². The molecule has 0 aromatic heterocycles. The highest BCUT2D eigenvalue weighted by atomic mass is 32.2. The standard InChI is InChI=1S/C13H14O2S/c14-16(15,12-7-2-1-3-8-12)13-9-5-4-6-11(13)10-13/h1-3,5,7-9,11H,4,6,10H2/t11-,13-/m0/s1. The lowest BCUT2D eigenvalue weighted by Gasteiger charge is -2.17. The van der Waals surface area contributed by atoms with Crippen LogP contribution in [-0.2, 0) is 9.84 Å². The molecule has 1 fully saturated rings. The van der Waals surface area contributed by atoms with Crippen molar-refractivity contribution in [3.63, 3.8) is 0 Å². The zero-order valence-corrected chi connectivity index (χ0v) is 9.78. The van der Waals surface area contributed by atoms with Gasteiger partial charge in [0.25, 0.3) is 0 Å². The van der Waals surface area contributed by atoms with E-state index in [9.17, 15) is 8.42 Å². The van der Waals surface area contributed by atoms with Crippen LogP contribution in [0.3, 0.4) is 0 Å². The number of benzene rings is 1. The lowest BCUT2D eigenvalue weighted by molar-refractivity contribution is 0.574. The molecule has 16 heavy (non-hydrogen) atoms. The second-order valence-electron chi connectivity index (χ2n) is 4.65. The molecule has 3 heteroatoms. The third kappa shape index (κ3) is 1.21. The molecule has 1 saturated carbocycles. The summed E-state index contributed by atoms with van der Waals surface area (Å²) in [5, 5.41) is 0. The molecule has 3 rings (SSSR count). The summed E-state index contributed by atoms with van der Waals surface area (Å²) in [5.74, 6) is 0.350. The second kappa shape index (κ2) is 3.20. The fraction of sp³-hybridized carbons (Fsp3) is 0.385. The van der Waals surface area contributed by atoms with Gasteiger partial charge in [0.15, 0.2) is 9.84 Å². The topological polar surface area (TPSA) is 34.1 Å². The van der Waals surface area contributed by atoms with E-state index in [4.69, 9.17) is 0 Å². The van der Waals surface area contributed by atoms with Crippen LogP contribution in [0.15, 0.2) is 47.4 Å². The van der Waals surface area contributed by atoms with Crippen molar-refractivity contribution in [2.75, 3.05) is 0 Å².